The van der Waals surface area contributed by atoms with Crippen molar-refractivity contribution in [1.82, 2.24) is 20.2 Å². The molecule has 8 heteroatoms. The normalized spacial score (nSPS) is 19.4. The Kier molecular flexibility index (Phi) is 8.49. The fraction of sp³-hybridized carbons (Fsp3) is 0.517. The number of hydrogen-bond donors (Lipinski definition) is 1. The van der Waals surface area contributed by atoms with E-state index in [0.29, 0.717) is 23.6 Å². The molecule has 1 unspecified atom stereocenters. The molecule has 2 aliphatic rings. The number of likely N-dealkylation sites (N-methyl/N-ethyl adjacent to an activating group) is 1. The van der Waals surface area contributed by atoms with Gasteiger partial charge < -0.3 is 24.8 Å². The summed E-state index contributed by atoms with van der Waals surface area (Å²) in [6.45, 7) is 9.55. The maximum Gasteiger partial charge on any atom is 0.213 e. The molecule has 37 heavy (non-hydrogen) atoms. The van der Waals surface area contributed by atoms with Crippen molar-refractivity contribution >= 4 is 22.3 Å². The minimum Gasteiger partial charge on any atom is -0.476 e. The lowest BCUT2D eigenvalue weighted by atomic mass is 9.86. The van der Waals surface area contributed by atoms with Crippen LogP contribution in [-0.2, 0) is 0 Å². The molecule has 1 N–H and O–H groups in total. The number of ether oxygens (including phenoxy) is 1. The summed E-state index contributed by atoms with van der Waals surface area (Å²) in [6.07, 6.45) is 4.18. The molecule has 1 aromatic carbocycles. The van der Waals surface area contributed by atoms with Gasteiger partial charge in [-0.2, -0.15) is 0 Å². The van der Waals surface area contributed by atoms with Crippen molar-refractivity contribution in [2.75, 3.05) is 77.3 Å². The van der Waals surface area contributed by atoms with Crippen LogP contribution in [0.1, 0.15) is 28.1 Å². The molecule has 0 saturated carbocycles. The Labute approximate surface area is 222 Å². The molecule has 3 aromatic rings. The largest absolute Gasteiger partial charge is 0.476 e. The third-order valence-electron chi connectivity index (χ3n) is 7.38. The number of aromatic nitrogens is 2. The first-order chi connectivity index (χ1) is 17.9. The SMILES string of the molecule is CC.CNCCOc1ccc(-c2cc(N3CCC4(CCN(C)C4)C3)c3cc(F)c(N(C)C)cc3n2)cn1.[HH]. The average molecular weight is 511 g/mol. The van der Waals surface area contributed by atoms with Crippen molar-refractivity contribution in [2.24, 2.45) is 5.41 Å². The van der Waals surface area contributed by atoms with Gasteiger partial charge in [-0.3, -0.25) is 0 Å². The third-order valence-corrected chi connectivity index (χ3v) is 7.38. The number of halogens is 1. The fourth-order valence-corrected chi connectivity index (χ4v) is 5.48. The van der Waals surface area contributed by atoms with Gasteiger partial charge in [-0.25, -0.2) is 14.4 Å². The van der Waals surface area contributed by atoms with Crippen LogP contribution in [0, 0.1) is 11.2 Å². The first-order valence-electron chi connectivity index (χ1n) is 13.4. The highest BCUT2D eigenvalue weighted by atomic mass is 19.1. The van der Waals surface area contributed by atoms with Crippen molar-refractivity contribution in [2.45, 2.75) is 26.7 Å². The predicted molar refractivity (Wildman–Crippen MR) is 154 cm³/mol. The fourth-order valence-electron chi connectivity index (χ4n) is 5.48. The van der Waals surface area contributed by atoms with Crippen LogP contribution in [0.25, 0.3) is 22.2 Å². The summed E-state index contributed by atoms with van der Waals surface area (Å²) in [5.41, 5.74) is 4.45. The molecule has 0 aliphatic carbocycles. The zero-order valence-corrected chi connectivity index (χ0v) is 23.1. The maximum absolute atomic E-state index is 15.1. The number of fused-ring (bicyclic) bond motifs is 1. The molecule has 5 rings (SSSR count). The van der Waals surface area contributed by atoms with E-state index < -0.39 is 0 Å². The van der Waals surface area contributed by atoms with Crippen molar-refractivity contribution in [3.8, 4) is 17.1 Å². The number of nitrogens with one attached hydrogen (secondary N) is 1. The van der Waals surface area contributed by atoms with E-state index in [1.165, 1.54) is 6.42 Å². The first-order valence-corrected chi connectivity index (χ1v) is 13.4. The Hall–Kier alpha value is -2.97. The van der Waals surface area contributed by atoms with Crippen molar-refractivity contribution < 1.29 is 10.6 Å². The molecule has 0 radical (unpaired) electrons. The highest BCUT2D eigenvalue weighted by Gasteiger charge is 2.42. The molecule has 2 aromatic heterocycles. The number of anilines is 2. The summed E-state index contributed by atoms with van der Waals surface area (Å²) in [6, 6.07) is 9.49. The molecule has 2 saturated heterocycles. The standard InChI is InChI=1S/C27H35FN6O.C2H6.H2/c1-29-9-12-35-26-6-5-19(16-30-26)22-14-24(34-11-8-27(18-34)7-10-33(4)17-27)20-13-21(28)25(32(2)3)15-23(20)31-22;1-2;/h5-6,13-16,29H,7-12,17-18H2,1-4H3;1-2H3;1H. The van der Waals surface area contributed by atoms with Crippen LogP contribution in [0.3, 0.4) is 0 Å². The zero-order valence-electron chi connectivity index (χ0n) is 23.1. The Morgan fingerprint density at radius 3 is 2.57 bits per heavy atom. The summed E-state index contributed by atoms with van der Waals surface area (Å²) >= 11 is 0. The highest BCUT2D eigenvalue weighted by Crippen LogP contribution is 2.43. The Morgan fingerprint density at radius 2 is 1.92 bits per heavy atom. The van der Waals surface area contributed by atoms with Crippen LogP contribution in [-0.4, -0.2) is 82.4 Å². The second-order valence-corrected chi connectivity index (χ2v) is 10.2. The Bertz CT molecular complexity index is 1210. The Balaban J connectivity index is 0.00000130. The molecular formula is C29H43FN6O. The molecular weight excluding hydrogens is 467 g/mol. The van der Waals surface area contributed by atoms with Gasteiger partial charge in [0.05, 0.1) is 16.9 Å². The third kappa shape index (κ3) is 5.80. The van der Waals surface area contributed by atoms with Gasteiger partial charge in [0, 0.05) is 76.0 Å². The zero-order chi connectivity index (χ0) is 26.6. The minimum atomic E-state index is -0.224. The van der Waals surface area contributed by atoms with Gasteiger partial charge in [0.1, 0.15) is 12.4 Å². The van der Waals surface area contributed by atoms with Crippen LogP contribution in [0.15, 0.2) is 36.5 Å². The van der Waals surface area contributed by atoms with Crippen molar-refractivity contribution in [3.05, 3.63) is 42.3 Å². The van der Waals surface area contributed by atoms with Crippen LogP contribution in [0.5, 0.6) is 5.88 Å². The van der Waals surface area contributed by atoms with Crippen LogP contribution >= 0.6 is 0 Å². The van der Waals surface area contributed by atoms with E-state index in [1.807, 2.05) is 53.2 Å². The summed E-state index contributed by atoms with van der Waals surface area (Å²) < 4.78 is 20.7. The summed E-state index contributed by atoms with van der Waals surface area (Å²) in [5.74, 6) is 0.367. The number of pyridine rings is 2. The maximum atomic E-state index is 15.1. The van der Waals surface area contributed by atoms with E-state index in [4.69, 9.17) is 9.72 Å². The van der Waals surface area contributed by atoms with Crippen molar-refractivity contribution in [1.29, 1.82) is 0 Å². The molecule has 4 heterocycles. The van der Waals surface area contributed by atoms with Gasteiger partial charge in [-0.1, -0.05) is 13.8 Å². The van der Waals surface area contributed by atoms with Gasteiger partial charge in [0.25, 0.3) is 0 Å². The molecule has 1 atom stereocenters. The lowest BCUT2D eigenvalue weighted by Crippen LogP contribution is -2.29. The lowest BCUT2D eigenvalue weighted by Gasteiger charge is -2.26. The molecule has 0 amide bonds. The second kappa shape index (κ2) is 11.6. The number of nitrogens with zero attached hydrogens (tertiary/aromatic N) is 5. The van der Waals surface area contributed by atoms with Crippen LogP contribution in [0.2, 0.25) is 0 Å². The molecule has 2 aliphatic heterocycles. The van der Waals surface area contributed by atoms with Gasteiger partial charge in [-0.15, -0.1) is 0 Å². The Morgan fingerprint density at radius 1 is 1.14 bits per heavy atom. The van der Waals surface area contributed by atoms with E-state index >= 15 is 4.39 Å². The number of rotatable bonds is 7. The van der Waals surface area contributed by atoms with Gasteiger partial charge >= 0.3 is 0 Å². The lowest BCUT2D eigenvalue weighted by molar-refractivity contribution is 0.306. The van der Waals surface area contributed by atoms with Gasteiger partial charge in [0.2, 0.25) is 5.88 Å². The second-order valence-electron chi connectivity index (χ2n) is 10.2. The van der Waals surface area contributed by atoms with E-state index in [1.54, 1.807) is 17.2 Å². The van der Waals surface area contributed by atoms with Gasteiger partial charge in [-0.05, 0) is 57.7 Å². The molecule has 7 nitrogen and oxygen atoms in total. The molecule has 0 bridgehead atoms. The quantitative estimate of drug-likeness (QED) is 0.454. The van der Waals surface area contributed by atoms with Crippen molar-refractivity contribution in [3.63, 3.8) is 0 Å². The smallest absolute Gasteiger partial charge is 0.213 e. The summed E-state index contributed by atoms with van der Waals surface area (Å²) in [4.78, 5) is 16.1. The van der Waals surface area contributed by atoms with E-state index in [-0.39, 0.29) is 7.24 Å². The average Bonchev–Trinajstić information content (AvgIpc) is 3.49. The molecule has 202 valence electrons. The van der Waals surface area contributed by atoms with E-state index in [2.05, 4.69) is 33.2 Å². The topological polar surface area (TPSA) is 56.8 Å². The van der Waals surface area contributed by atoms with Crippen LogP contribution < -0.4 is 19.9 Å². The predicted octanol–water partition coefficient (Wildman–Crippen LogP) is 4.90. The van der Waals surface area contributed by atoms with Gasteiger partial charge in [0.15, 0.2) is 0 Å². The van der Waals surface area contributed by atoms with E-state index in [9.17, 15) is 0 Å². The molecule has 2 fully saturated rings. The number of benzene rings is 1. The number of likely N-dealkylation sites (tertiary alicyclic amines) is 1. The summed E-state index contributed by atoms with van der Waals surface area (Å²) in [5, 5.41) is 3.92. The first kappa shape index (κ1) is 27.1. The van der Waals surface area contributed by atoms with Crippen LogP contribution in [0.4, 0.5) is 15.8 Å². The number of hydrogen-bond acceptors (Lipinski definition) is 7. The monoisotopic (exact) mass is 510 g/mol. The summed E-state index contributed by atoms with van der Waals surface area (Å²) in [7, 11) is 7.80. The highest BCUT2D eigenvalue weighted by molar-refractivity contribution is 5.96. The van der Waals surface area contributed by atoms with E-state index in [0.717, 1.165) is 67.0 Å². The molecule has 1 spiro atoms. The minimum absolute atomic E-state index is 0.